The lowest BCUT2D eigenvalue weighted by atomic mass is 10.2. The Hall–Kier alpha value is -3.20. The van der Waals surface area contributed by atoms with Gasteiger partial charge in [0.25, 0.3) is 5.91 Å². The number of hydrogen-bond donors (Lipinski definition) is 3. The number of H-pyrrole nitrogens is 1. The number of carbonyl (C=O) groups excluding carboxylic acids is 1. The fourth-order valence-corrected chi connectivity index (χ4v) is 3.01. The van der Waals surface area contributed by atoms with Crippen molar-refractivity contribution in [3.63, 3.8) is 0 Å². The van der Waals surface area contributed by atoms with Gasteiger partial charge in [-0.15, -0.1) is 0 Å². The second-order valence-corrected chi connectivity index (χ2v) is 6.38. The van der Waals surface area contributed by atoms with Crippen LogP contribution in [0.4, 0.5) is 0 Å². The summed E-state index contributed by atoms with van der Waals surface area (Å²) in [5.41, 5.74) is 4.83. The Labute approximate surface area is 159 Å². The smallest absolute Gasteiger partial charge is 0.250 e. The molecule has 0 spiro atoms. The number of phenolic OH excluding ortho intramolecular Hbond substituents is 1. The molecule has 0 radical (unpaired) electrons. The van der Waals surface area contributed by atoms with E-state index in [-0.39, 0.29) is 28.9 Å². The fraction of sp³-hybridized carbons (Fsp3) is 0.167. The van der Waals surface area contributed by atoms with Crippen LogP contribution in [0.15, 0.2) is 46.7 Å². The molecule has 1 amide bonds. The number of aromatic amines is 1. The van der Waals surface area contributed by atoms with Gasteiger partial charge < -0.3 is 19.6 Å². The van der Waals surface area contributed by atoms with Gasteiger partial charge in [0.1, 0.15) is 0 Å². The molecule has 0 saturated carbocycles. The van der Waals surface area contributed by atoms with Crippen molar-refractivity contribution in [3.05, 3.63) is 42.0 Å². The van der Waals surface area contributed by atoms with E-state index in [0.717, 1.165) is 11.0 Å². The van der Waals surface area contributed by atoms with Gasteiger partial charge in [-0.2, -0.15) is 5.10 Å². The van der Waals surface area contributed by atoms with E-state index in [9.17, 15) is 9.90 Å². The van der Waals surface area contributed by atoms with Crippen LogP contribution in [0.25, 0.3) is 11.0 Å². The summed E-state index contributed by atoms with van der Waals surface area (Å²) in [7, 11) is 2.87. The minimum Gasteiger partial charge on any atom is -0.502 e. The molecule has 0 fully saturated rings. The second kappa shape index (κ2) is 8.45. The number of aromatic hydroxyl groups is 1. The highest BCUT2D eigenvalue weighted by Gasteiger charge is 2.10. The quantitative estimate of drug-likeness (QED) is 0.327. The number of para-hydroxylation sites is 2. The summed E-state index contributed by atoms with van der Waals surface area (Å²) in [5, 5.41) is 14.5. The zero-order valence-electron chi connectivity index (χ0n) is 14.7. The van der Waals surface area contributed by atoms with Gasteiger partial charge in [-0.05, 0) is 24.3 Å². The number of hydrogen-bond acceptors (Lipinski definition) is 7. The number of amides is 1. The topological polar surface area (TPSA) is 109 Å². The van der Waals surface area contributed by atoms with Gasteiger partial charge in [-0.25, -0.2) is 10.4 Å². The molecule has 3 N–H and O–H groups in total. The molecule has 0 unspecified atom stereocenters. The van der Waals surface area contributed by atoms with Crippen molar-refractivity contribution in [2.24, 2.45) is 5.10 Å². The molecule has 0 aliphatic heterocycles. The zero-order valence-corrected chi connectivity index (χ0v) is 15.5. The Morgan fingerprint density at radius 3 is 2.67 bits per heavy atom. The summed E-state index contributed by atoms with van der Waals surface area (Å²) < 4.78 is 10.2. The highest BCUT2D eigenvalue weighted by molar-refractivity contribution is 7.99. The van der Waals surface area contributed by atoms with E-state index in [1.807, 2.05) is 24.3 Å². The predicted octanol–water partition coefficient (Wildman–Crippen LogP) is 2.53. The first kappa shape index (κ1) is 18.6. The van der Waals surface area contributed by atoms with Crippen molar-refractivity contribution in [2.75, 3.05) is 20.0 Å². The third-order valence-corrected chi connectivity index (χ3v) is 4.49. The Morgan fingerprint density at radius 1 is 1.30 bits per heavy atom. The number of rotatable bonds is 7. The number of methoxy groups -OCH3 is 2. The molecule has 3 rings (SSSR count). The van der Waals surface area contributed by atoms with Crippen LogP contribution in [0.3, 0.4) is 0 Å². The Balaban J connectivity index is 1.57. The lowest BCUT2D eigenvalue weighted by molar-refractivity contribution is -0.118. The summed E-state index contributed by atoms with van der Waals surface area (Å²) in [5.74, 6) is 0.308. The van der Waals surface area contributed by atoms with E-state index >= 15 is 0 Å². The summed E-state index contributed by atoms with van der Waals surface area (Å²) >= 11 is 1.29. The van der Waals surface area contributed by atoms with Gasteiger partial charge in [0.15, 0.2) is 16.7 Å². The molecule has 0 aliphatic carbocycles. The molecule has 0 aliphatic rings. The molecule has 0 atom stereocenters. The van der Waals surface area contributed by atoms with Gasteiger partial charge in [-0.1, -0.05) is 23.9 Å². The highest BCUT2D eigenvalue weighted by Crippen LogP contribution is 2.36. The molecule has 9 heteroatoms. The molecule has 27 heavy (non-hydrogen) atoms. The third-order valence-electron chi connectivity index (χ3n) is 3.61. The van der Waals surface area contributed by atoms with Crippen LogP contribution in [0, 0.1) is 0 Å². The van der Waals surface area contributed by atoms with Crippen molar-refractivity contribution in [1.82, 2.24) is 15.4 Å². The lowest BCUT2D eigenvalue weighted by Gasteiger charge is -2.09. The molecule has 140 valence electrons. The number of nitrogens with zero attached hydrogens (tertiary/aromatic N) is 2. The van der Waals surface area contributed by atoms with Crippen LogP contribution in [0.5, 0.6) is 17.2 Å². The van der Waals surface area contributed by atoms with E-state index in [4.69, 9.17) is 9.47 Å². The largest absolute Gasteiger partial charge is 0.502 e. The van der Waals surface area contributed by atoms with E-state index in [2.05, 4.69) is 20.5 Å². The monoisotopic (exact) mass is 386 g/mol. The Kier molecular flexibility index (Phi) is 5.82. The summed E-state index contributed by atoms with van der Waals surface area (Å²) in [6.45, 7) is 0. The van der Waals surface area contributed by atoms with E-state index in [1.54, 1.807) is 12.1 Å². The van der Waals surface area contributed by atoms with Gasteiger partial charge in [0.2, 0.25) is 5.75 Å². The molecule has 0 bridgehead atoms. The number of carbonyl (C=O) groups is 1. The number of nitrogens with one attached hydrogen (secondary N) is 2. The third kappa shape index (κ3) is 4.50. The van der Waals surface area contributed by atoms with E-state index in [0.29, 0.717) is 10.7 Å². The van der Waals surface area contributed by atoms with Crippen molar-refractivity contribution in [3.8, 4) is 17.2 Å². The molecule has 3 aromatic rings. The van der Waals surface area contributed by atoms with Gasteiger partial charge >= 0.3 is 0 Å². The molecular weight excluding hydrogens is 368 g/mol. The number of aromatic nitrogens is 2. The average Bonchev–Trinajstić information content (AvgIpc) is 3.10. The summed E-state index contributed by atoms with van der Waals surface area (Å²) in [6.07, 6.45) is 1.44. The van der Waals surface area contributed by atoms with Crippen molar-refractivity contribution in [1.29, 1.82) is 0 Å². The molecule has 0 saturated heterocycles. The maximum absolute atomic E-state index is 11.9. The number of fused-ring (bicyclic) bond motifs is 1. The SMILES string of the molecule is COc1cc(C=NNC(=O)CSc2nc3ccccc3[nH]2)cc(OC)c1O. The minimum atomic E-state index is -0.269. The maximum Gasteiger partial charge on any atom is 0.250 e. The van der Waals surface area contributed by atoms with Crippen LogP contribution >= 0.6 is 11.8 Å². The number of imidazole rings is 1. The van der Waals surface area contributed by atoms with Gasteiger partial charge in [-0.3, -0.25) is 4.79 Å². The molecule has 1 aromatic heterocycles. The number of ether oxygens (including phenoxy) is 2. The van der Waals surface area contributed by atoms with Crippen molar-refractivity contribution in [2.45, 2.75) is 5.16 Å². The number of hydrazone groups is 1. The van der Waals surface area contributed by atoms with Crippen molar-refractivity contribution < 1.29 is 19.4 Å². The first-order valence-electron chi connectivity index (χ1n) is 7.95. The van der Waals surface area contributed by atoms with Gasteiger partial charge in [0, 0.05) is 5.56 Å². The van der Waals surface area contributed by atoms with Gasteiger partial charge in [0.05, 0.1) is 37.2 Å². The van der Waals surface area contributed by atoms with Crippen molar-refractivity contribution >= 4 is 34.9 Å². The predicted molar refractivity (Wildman–Crippen MR) is 104 cm³/mol. The first-order chi connectivity index (χ1) is 13.1. The average molecular weight is 386 g/mol. The summed E-state index contributed by atoms with van der Waals surface area (Å²) in [4.78, 5) is 19.5. The fourth-order valence-electron chi connectivity index (χ4n) is 2.33. The number of thioether (sulfide) groups is 1. The second-order valence-electron chi connectivity index (χ2n) is 5.41. The maximum atomic E-state index is 11.9. The Bertz CT molecular complexity index is 928. The zero-order chi connectivity index (χ0) is 19.2. The minimum absolute atomic E-state index is 0.0941. The summed E-state index contributed by atoms with van der Waals surface area (Å²) in [6, 6.07) is 10.8. The van der Waals surface area contributed by atoms with E-state index < -0.39 is 0 Å². The molecule has 1 heterocycles. The lowest BCUT2D eigenvalue weighted by Crippen LogP contribution is -2.19. The molecule has 8 nitrogen and oxygen atoms in total. The first-order valence-corrected chi connectivity index (χ1v) is 8.93. The van der Waals surface area contributed by atoms with Crippen LogP contribution in [-0.4, -0.2) is 47.2 Å². The Morgan fingerprint density at radius 2 is 2.00 bits per heavy atom. The van der Waals surface area contributed by atoms with Crippen LogP contribution < -0.4 is 14.9 Å². The number of phenols is 1. The normalized spacial score (nSPS) is 11.0. The highest BCUT2D eigenvalue weighted by atomic mass is 32.2. The molecular formula is C18H18N4O4S. The number of benzene rings is 2. The van der Waals surface area contributed by atoms with E-state index in [1.165, 1.54) is 32.2 Å². The van der Waals surface area contributed by atoms with Crippen LogP contribution in [0.2, 0.25) is 0 Å². The van der Waals surface area contributed by atoms with Crippen LogP contribution in [-0.2, 0) is 4.79 Å². The standard InChI is InChI=1S/C18H18N4O4S/c1-25-14-7-11(8-15(26-2)17(14)24)9-19-22-16(23)10-27-18-20-12-5-3-4-6-13(12)21-18/h3-9,24H,10H2,1-2H3,(H,20,21)(H,22,23). The van der Waals surface area contributed by atoms with Crippen LogP contribution in [0.1, 0.15) is 5.56 Å². The molecule has 2 aromatic carbocycles.